The van der Waals surface area contributed by atoms with Gasteiger partial charge in [0.25, 0.3) is 0 Å². The van der Waals surface area contributed by atoms with Crippen molar-refractivity contribution in [3.63, 3.8) is 0 Å². The lowest BCUT2D eigenvalue weighted by Crippen LogP contribution is -2.02. The first-order valence-corrected chi connectivity index (χ1v) is 24.5. The number of benzene rings is 11. The van der Waals surface area contributed by atoms with Crippen LogP contribution in [0.25, 0.3) is 137 Å². The largest absolute Gasteiger partial charge is 0.309 e. The van der Waals surface area contributed by atoms with Crippen molar-refractivity contribution in [2.24, 2.45) is 0 Å². The minimum atomic E-state index is 0.610. The maximum absolute atomic E-state index is 5.32. The molecule has 4 nitrogen and oxygen atoms in total. The van der Waals surface area contributed by atoms with E-state index in [0.717, 1.165) is 55.7 Å². The Balaban J connectivity index is 0.977. The van der Waals surface area contributed by atoms with Gasteiger partial charge in [-0.15, -0.1) is 11.3 Å². The van der Waals surface area contributed by atoms with Crippen LogP contribution in [0.1, 0.15) is 0 Å². The standard InChI is InChI=1S/C65H40N4S/c1-3-14-41(15-4-1)42-26-28-43(29-27-42)44-30-32-46(33-31-44)64-66-63(45-16-5-2-6-17-45)67-65(68-64)51-34-35-58(69-57-24-12-11-22-52(57)54-36-47-18-7-9-20-49(47)39-59(54)69)55(38-51)53-23-13-25-60-62(53)56-37-48-19-8-10-21-50(48)40-61(56)70-60/h1-40H. The molecule has 3 aromatic heterocycles. The fraction of sp³-hybridized carbons (Fsp3) is 0. The molecule has 0 aliphatic heterocycles. The SMILES string of the molecule is c1ccc(-c2ccc(-c3ccc(-c4nc(-c5ccccc5)nc(-c5ccc(-n6c7ccccc7c7cc8ccccc8cc76)c(-c6cccc7sc8cc9ccccc9cc8c67)c5)n4)cc3)cc2)cc1. The maximum atomic E-state index is 5.32. The van der Waals surface area contributed by atoms with Gasteiger partial charge in [0.15, 0.2) is 17.5 Å². The van der Waals surface area contributed by atoms with Gasteiger partial charge >= 0.3 is 0 Å². The number of hydrogen-bond acceptors (Lipinski definition) is 4. The Hall–Kier alpha value is -9.03. The zero-order valence-electron chi connectivity index (χ0n) is 37.8. The third-order valence-electron chi connectivity index (χ3n) is 13.8. The topological polar surface area (TPSA) is 43.6 Å². The van der Waals surface area contributed by atoms with Gasteiger partial charge < -0.3 is 4.57 Å². The number of aromatic nitrogens is 4. The fourth-order valence-electron chi connectivity index (χ4n) is 10.4. The van der Waals surface area contributed by atoms with E-state index in [9.17, 15) is 0 Å². The van der Waals surface area contributed by atoms with Crippen molar-refractivity contribution >= 4 is 74.9 Å². The number of fused-ring (bicyclic) bond motifs is 8. The summed E-state index contributed by atoms with van der Waals surface area (Å²) in [6.45, 7) is 0. The quantitative estimate of drug-likeness (QED) is 0.160. The summed E-state index contributed by atoms with van der Waals surface area (Å²) in [6.07, 6.45) is 0. The van der Waals surface area contributed by atoms with Crippen molar-refractivity contribution in [1.29, 1.82) is 0 Å². The summed E-state index contributed by atoms with van der Waals surface area (Å²) < 4.78 is 4.98. The summed E-state index contributed by atoms with van der Waals surface area (Å²) >= 11 is 1.85. The van der Waals surface area contributed by atoms with Gasteiger partial charge in [0.05, 0.1) is 16.7 Å². The van der Waals surface area contributed by atoms with Gasteiger partial charge in [0, 0.05) is 53.2 Å². The molecule has 3 heterocycles. The van der Waals surface area contributed by atoms with Crippen LogP contribution in [0.4, 0.5) is 0 Å². The maximum Gasteiger partial charge on any atom is 0.164 e. The van der Waals surface area contributed by atoms with Crippen molar-refractivity contribution < 1.29 is 0 Å². The van der Waals surface area contributed by atoms with Gasteiger partial charge in [-0.3, -0.25) is 0 Å². The Labute approximate surface area is 408 Å². The van der Waals surface area contributed by atoms with Crippen molar-refractivity contribution in [3.8, 4) is 73.2 Å². The lowest BCUT2D eigenvalue weighted by molar-refractivity contribution is 1.07. The highest BCUT2D eigenvalue weighted by atomic mass is 32.1. The van der Waals surface area contributed by atoms with E-state index >= 15 is 0 Å². The van der Waals surface area contributed by atoms with E-state index in [1.807, 2.05) is 29.5 Å². The molecule has 0 aliphatic carbocycles. The molecule has 14 rings (SSSR count). The summed E-state index contributed by atoms with van der Waals surface area (Å²) in [5.74, 6) is 1.85. The number of nitrogens with zero attached hydrogens (tertiary/aromatic N) is 4. The summed E-state index contributed by atoms with van der Waals surface area (Å²) in [5, 5.41) is 9.84. The van der Waals surface area contributed by atoms with Crippen LogP contribution in [0.3, 0.4) is 0 Å². The van der Waals surface area contributed by atoms with E-state index in [0.29, 0.717) is 17.5 Å². The van der Waals surface area contributed by atoms with Crippen LogP contribution in [-0.4, -0.2) is 19.5 Å². The molecular weight excluding hydrogens is 869 g/mol. The Kier molecular flexibility index (Phi) is 9.36. The van der Waals surface area contributed by atoms with Crippen LogP contribution in [-0.2, 0) is 0 Å². The minimum absolute atomic E-state index is 0.610. The molecule has 0 N–H and O–H groups in total. The van der Waals surface area contributed by atoms with Crippen LogP contribution < -0.4 is 0 Å². The van der Waals surface area contributed by atoms with Gasteiger partial charge in [-0.1, -0.05) is 188 Å². The van der Waals surface area contributed by atoms with Gasteiger partial charge in [-0.25, -0.2) is 15.0 Å². The van der Waals surface area contributed by atoms with E-state index < -0.39 is 0 Å². The van der Waals surface area contributed by atoms with Gasteiger partial charge in [-0.05, 0) is 104 Å². The molecule has 0 saturated carbocycles. The Morgan fingerprint density at radius 3 is 1.43 bits per heavy atom. The molecule has 5 heteroatoms. The average Bonchev–Trinajstić information content (AvgIpc) is 3.96. The molecule has 0 unspecified atom stereocenters. The predicted molar refractivity (Wildman–Crippen MR) is 295 cm³/mol. The first kappa shape index (κ1) is 40.1. The van der Waals surface area contributed by atoms with Crippen LogP contribution in [0, 0.1) is 0 Å². The Morgan fingerprint density at radius 2 is 0.771 bits per heavy atom. The molecule has 14 aromatic rings. The molecule has 0 saturated heterocycles. The van der Waals surface area contributed by atoms with E-state index in [1.165, 1.54) is 63.6 Å². The van der Waals surface area contributed by atoms with E-state index in [-0.39, 0.29) is 0 Å². The monoisotopic (exact) mass is 908 g/mol. The first-order valence-electron chi connectivity index (χ1n) is 23.7. The molecule has 326 valence electrons. The minimum Gasteiger partial charge on any atom is -0.309 e. The van der Waals surface area contributed by atoms with Crippen molar-refractivity contribution in [2.45, 2.75) is 0 Å². The molecular formula is C65H40N4S. The van der Waals surface area contributed by atoms with Crippen molar-refractivity contribution in [2.75, 3.05) is 0 Å². The molecule has 0 fully saturated rings. The van der Waals surface area contributed by atoms with Crippen LogP contribution in [0.15, 0.2) is 243 Å². The highest BCUT2D eigenvalue weighted by molar-refractivity contribution is 7.26. The molecule has 11 aromatic carbocycles. The lowest BCUT2D eigenvalue weighted by Gasteiger charge is -2.17. The zero-order chi connectivity index (χ0) is 46.1. The first-order chi connectivity index (χ1) is 34.7. The van der Waals surface area contributed by atoms with Crippen LogP contribution in [0.2, 0.25) is 0 Å². The van der Waals surface area contributed by atoms with Gasteiger partial charge in [0.1, 0.15) is 0 Å². The van der Waals surface area contributed by atoms with E-state index in [2.05, 4.69) is 229 Å². The molecule has 0 aliphatic rings. The number of hydrogen-bond donors (Lipinski definition) is 0. The lowest BCUT2D eigenvalue weighted by atomic mass is 9.95. The smallest absolute Gasteiger partial charge is 0.164 e. The highest BCUT2D eigenvalue weighted by Crippen LogP contribution is 2.46. The average molecular weight is 909 g/mol. The number of thiophene rings is 1. The van der Waals surface area contributed by atoms with Gasteiger partial charge in [-0.2, -0.15) is 0 Å². The van der Waals surface area contributed by atoms with E-state index in [4.69, 9.17) is 15.0 Å². The highest BCUT2D eigenvalue weighted by Gasteiger charge is 2.22. The van der Waals surface area contributed by atoms with E-state index in [1.54, 1.807) is 0 Å². The van der Waals surface area contributed by atoms with Crippen molar-refractivity contribution in [1.82, 2.24) is 19.5 Å². The second-order valence-electron chi connectivity index (χ2n) is 18.0. The second-order valence-corrected chi connectivity index (χ2v) is 19.1. The Morgan fingerprint density at radius 1 is 0.286 bits per heavy atom. The third kappa shape index (κ3) is 6.78. The van der Waals surface area contributed by atoms with Crippen molar-refractivity contribution in [3.05, 3.63) is 243 Å². The summed E-state index contributed by atoms with van der Waals surface area (Å²) in [4.78, 5) is 15.7. The van der Waals surface area contributed by atoms with Crippen LogP contribution in [0.5, 0.6) is 0 Å². The predicted octanol–water partition coefficient (Wildman–Crippen LogP) is 17.6. The summed E-state index contributed by atoms with van der Waals surface area (Å²) in [5.41, 5.74) is 13.1. The van der Waals surface area contributed by atoms with Gasteiger partial charge in [0.2, 0.25) is 0 Å². The number of para-hydroxylation sites is 1. The number of rotatable bonds is 7. The molecule has 70 heavy (non-hydrogen) atoms. The zero-order valence-corrected chi connectivity index (χ0v) is 38.6. The summed E-state index contributed by atoms with van der Waals surface area (Å²) in [6, 6.07) is 87.2. The van der Waals surface area contributed by atoms with Crippen LogP contribution >= 0.6 is 11.3 Å². The fourth-order valence-corrected chi connectivity index (χ4v) is 11.5. The third-order valence-corrected chi connectivity index (χ3v) is 14.9. The molecule has 0 spiro atoms. The molecule has 0 amide bonds. The normalized spacial score (nSPS) is 11.7. The molecule has 0 radical (unpaired) electrons. The summed E-state index contributed by atoms with van der Waals surface area (Å²) in [7, 11) is 0. The molecule has 0 bridgehead atoms. The molecule has 0 atom stereocenters. The Bertz CT molecular complexity index is 4330. The second kappa shape index (κ2) is 16.3.